The highest BCUT2D eigenvalue weighted by atomic mass is 79.9. The molecule has 26 heavy (non-hydrogen) atoms. The second kappa shape index (κ2) is 7.43. The second-order valence-corrected chi connectivity index (χ2v) is 7.05. The lowest BCUT2D eigenvalue weighted by atomic mass is 9.95. The minimum Gasteiger partial charge on any atom is -0.507 e. The Balaban J connectivity index is 2.17. The number of benzene rings is 2. The van der Waals surface area contributed by atoms with Crippen LogP contribution in [0, 0.1) is 6.92 Å². The zero-order valence-electron chi connectivity index (χ0n) is 14.1. The third kappa shape index (κ3) is 3.30. The number of ketones is 1. The van der Waals surface area contributed by atoms with Gasteiger partial charge in [0.25, 0.3) is 11.7 Å². The van der Waals surface area contributed by atoms with Crippen LogP contribution in [0.2, 0.25) is 0 Å². The molecule has 1 aliphatic heterocycles. The molecule has 0 bridgehead atoms. The molecule has 0 saturated carbocycles. The van der Waals surface area contributed by atoms with Crippen molar-refractivity contribution in [2.45, 2.75) is 13.0 Å². The number of hydrogen-bond acceptors (Lipinski definition) is 4. The number of likely N-dealkylation sites (tertiary alicyclic amines) is 1. The molecule has 0 radical (unpaired) electrons. The summed E-state index contributed by atoms with van der Waals surface area (Å²) in [5.41, 5.74) is 2.22. The van der Waals surface area contributed by atoms with E-state index in [1.54, 1.807) is 36.4 Å². The number of nitrogens with zero attached hydrogens (tertiary/aromatic N) is 1. The van der Waals surface area contributed by atoms with Crippen molar-refractivity contribution in [2.75, 3.05) is 13.2 Å². The van der Waals surface area contributed by atoms with Gasteiger partial charge in [0.15, 0.2) is 0 Å². The molecule has 0 unspecified atom stereocenters. The third-order valence-electron chi connectivity index (χ3n) is 4.39. The molecule has 134 valence electrons. The van der Waals surface area contributed by atoms with Gasteiger partial charge in [0.2, 0.25) is 0 Å². The molecule has 2 N–H and O–H groups in total. The first-order valence-corrected chi connectivity index (χ1v) is 8.95. The first-order chi connectivity index (χ1) is 12.4. The quantitative estimate of drug-likeness (QED) is 0.456. The van der Waals surface area contributed by atoms with Crippen LogP contribution in [0.4, 0.5) is 0 Å². The lowest BCUT2D eigenvalue weighted by molar-refractivity contribution is -0.140. The van der Waals surface area contributed by atoms with Crippen LogP contribution in [0.5, 0.6) is 0 Å². The Kier molecular flexibility index (Phi) is 5.25. The fourth-order valence-corrected chi connectivity index (χ4v) is 3.34. The maximum absolute atomic E-state index is 12.6. The van der Waals surface area contributed by atoms with E-state index in [4.69, 9.17) is 0 Å². The van der Waals surface area contributed by atoms with Gasteiger partial charge in [-0.2, -0.15) is 0 Å². The van der Waals surface area contributed by atoms with Crippen LogP contribution < -0.4 is 0 Å². The predicted molar refractivity (Wildman–Crippen MR) is 101 cm³/mol. The molecule has 0 aliphatic carbocycles. The Bertz CT molecular complexity index is 872. The summed E-state index contributed by atoms with van der Waals surface area (Å²) in [5, 5.41) is 20.1. The molecule has 1 saturated heterocycles. The van der Waals surface area contributed by atoms with Crippen molar-refractivity contribution in [1.82, 2.24) is 4.90 Å². The zero-order valence-corrected chi connectivity index (χ0v) is 15.7. The molecule has 2 aromatic rings. The van der Waals surface area contributed by atoms with Crippen molar-refractivity contribution in [3.8, 4) is 0 Å². The van der Waals surface area contributed by atoms with Gasteiger partial charge in [0.1, 0.15) is 5.76 Å². The number of amides is 1. The van der Waals surface area contributed by atoms with E-state index in [1.165, 1.54) is 4.90 Å². The number of Topliss-reactive ketones (excluding diaryl/α,β-unsaturated/α-hetero) is 1. The van der Waals surface area contributed by atoms with Gasteiger partial charge in [-0.15, -0.1) is 0 Å². The van der Waals surface area contributed by atoms with Crippen LogP contribution >= 0.6 is 15.9 Å². The Hall–Kier alpha value is -2.44. The van der Waals surface area contributed by atoms with E-state index in [0.717, 1.165) is 10.0 Å². The van der Waals surface area contributed by atoms with Crippen molar-refractivity contribution in [1.29, 1.82) is 0 Å². The van der Waals surface area contributed by atoms with Crippen LogP contribution in [0.25, 0.3) is 5.76 Å². The predicted octanol–water partition coefficient (Wildman–Crippen LogP) is 3.17. The van der Waals surface area contributed by atoms with E-state index < -0.39 is 17.7 Å². The molecule has 2 aromatic carbocycles. The Labute approximate surface area is 159 Å². The van der Waals surface area contributed by atoms with Crippen LogP contribution in [0.1, 0.15) is 22.7 Å². The highest BCUT2D eigenvalue weighted by molar-refractivity contribution is 9.10. The van der Waals surface area contributed by atoms with Gasteiger partial charge in [0.05, 0.1) is 18.2 Å². The highest BCUT2D eigenvalue weighted by Gasteiger charge is 2.45. The molecule has 5 nitrogen and oxygen atoms in total. The fourth-order valence-electron chi connectivity index (χ4n) is 3.08. The number of carbonyl (C=O) groups excluding carboxylic acids is 2. The van der Waals surface area contributed by atoms with Crippen molar-refractivity contribution >= 4 is 33.4 Å². The first-order valence-electron chi connectivity index (χ1n) is 8.16. The van der Waals surface area contributed by atoms with Gasteiger partial charge in [-0.3, -0.25) is 9.59 Å². The number of aliphatic hydroxyl groups is 2. The minimum atomic E-state index is -0.746. The molecule has 0 spiro atoms. The molecule has 1 fully saturated rings. The average Bonchev–Trinajstić information content (AvgIpc) is 2.88. The summed E-state index contributed by atoms with van der Waals surface area (Å²) in [6, 6.07) is 13.5. The van der Waals surface area contributed by atoms with E-state index >= 15 is 0 Å². The fraction of sp³-hybridized carbons (Fsp3) is 0.200. The summed E-state index contributed by atoms with van der Waals surface area (Å²) in [6.45, 7) is 1.66. The summed E-state index contributed by atoms with van der Waals surface area (Å²) in [5.74, 6) is -1.68. The highest BCUT2D eigenvalue weighted by Crippen LogP contribution is 2.39. The third-order valence-corrected chi connectivity index (χ3v) is 4.92. The first kappa shape index (κ1) is 18.4. The summed E-state index contributed by atoms with van der Waals surface area (Å²) in [6.07, 6.45) is 0. The van der Waals surface area contributed by atoms with Crippen molar-refractivity contribution in [3.05, 3.63) is 75.3 Å². The Morgan fingerprint density at radius 2 is 1.69 bits per heavy atom. The van der Waals surface area contributed by atoms with Gasteiger partial charge in [-0.25, -0.2) is 0 Å². The summed E-state index contributed by atoms with van der Waals surface area (Å²) >= 11 is 3.36. The summed E-state index contributed by atoms with van der Waals surface area (Å²) in [7, 11) is 0. The minimum absolute atomic E-state index is 0.00990. The lowest BCUT2D eigenvalue weighted by Gasteiger charge is -2.24. The van der Waals surface area contributed by atoms with Gasteiger partial charge >= 0.3 is 0 Å². The van der Waals surface area contributed by atoms with Gasteiger partial charge < -0.3 is 15.1 Å². The number of β-amino-alcohol motifs (C(OH)–C–C–N with tert-alkyl or cyclic N) is 1. The van der Waals surface area contributed by atoms with E-state index in [0.29, 0.717) is 11.1 Å². The number of halogens is 1. The molecule has 0 aromatic heterocycles. The van der Waals surface area contributed by atoms with Gasteiger partial charge in [-0.05, 0) is 24.6 Å². The standard InChI is InChI=1S/C20H18BrNO4/c1-12-2-4-14(5-3-12)18(24)16-17(13-6-8-15(21)9-7-13)22(10-11-23)20(26)19(16)25/h2-9,17,23-24H,10-11H2,1H3/t17-/m1/s1. The zero-order chi connectivity index (χ0) is 18.8. The van der Waals surface area contributed by atoms with Crippen LogP contribution in [0.15, 0.2) is 58.6 Å². The molecule has 3 rings (SSSR count). The lowest BCUT2D eigenvalue weighted by Crippen LogP contribution is -2.32. The van der Waals surface area contributed by atoms with Gasteiger partial charge in [0, 0.05) is 16.6 Å². The van der Waals surface area contributed by atoms with Crippen LogP contribution in [-0.4, -0.2) is 40.0 Å². The van der Waals surface area contributed by atoms with E-state index in [-0.39, 0.29) is 24.5 Å². The van der Waals surface area contributed by atoms with E-state index in [9.17, 15) is 19.8 Å². The molecular formula is C20H18BrNO4. The molecule has 6 heteroatoms. The molecule has 1 amide bonds. The van der Waals surface area contributed by atoms with Crippen molar-refractivity contribution < 1.29 is 19.8 Å². The molecule has 1 atom stereocenters. The Morgan fingerprint density at radius 3 is 2.27 bits per heavy atom. The maximum atomic E-state index is 12.6. The van der Waals surface area contributed by atoms with Crippen molar-refractivity contribution in [2.24, 2.45) is 0 Å². The maximum Gasteiger partial charge on any atom is 0.295 e. The monoisotopic (exact) mass is 415 g/mol. The SMILES string of the molecule is Cc1ccc(C(O)=C2C(=O)C(=O)N(CCO)[C@@H]2c2ccc(Br)cc2)cc1. The van der Waals surface area contributed by atoms with Crippen LogP contribution in [-0.2, 0) is 9.59 Å². The number of hydrogen-bond donors (Lipinski definition) is 2. The number of rotatable bonds is 4. The summed E-state index contributed by atoms with van der Waals surface area (Å²) in [4.78, 5) is 26.4. The molecule has 1 aliphatic rings. The topological polar surface area (TPSA) is 77.8 Å². The smallest absolute Gasteiger partial charge is 0.295 e. The van der Waals surface area contributed by atoms with Gasteiger partial charge in [-0.1, -0.05) is 57.9 Å². The number of aryl methyl sites for hydroxylation is 1. The second-order valence-electron chi connectivity index (χ2n) is 6.13. The summed E-state index contributed by atoms with van der Waals surface area (Å²) < 4.78 is 0.860. The Morgan fingerprint density at radius 1 is 1.08 bits per heavy atom. The van der Waals surface area contributed by atoms with E-state index in [1.807, 2.05) is 19.1 Å². The normalized spacial score (nSPS) is 19.2. The number of aliphatic hydroxyl groups excluding tert-OH is 2. The molecular weight excluding hydrogens is 398 g/mol. The van der Waals surface area contributed by atoms with Crippen LogP contribution in [0.3, 0.4) is 0 Å². The average molecular weight is 416 g/mol. The van der Waals surface area contributed by atoms with Crippen molar-refractivity contribution in [3.63, 3.8) is 0 Å². The number of carbonyl (C=O) groups is 2. The molecule has 1 heterocycles. The van der Waals surface area contributed by atoms with E-state index in [2.05, 4.69) is 15.9 Å². The largest absolute Gasteiger partial charge is 0.507 e.